The van der Waals surface area contributed by atoms with Crippen molar-refractivity contribution in [2.45, 2.75) is 6.42 Å². The highest BCUT2D eigenvalue weighted by Gasteiger charge is 2.14. The molecule has 0 spiro atoms. The van der Waals surface area contributed by atoms with Gasteiger partial charge in [-0.3, -0.25) is 4.79 Å². The van der Waals surface area contributed by atoms with Crippen LogP contribution in [0, 0.1) is 5.82 Å². The Hall–Kier alpha value is -3.02. The molecule has 0 aliphatic rings. The van der Waals surface area contributed by atoms with Gasteiger partial charge in [-0.25, -0.2) is 4.39 Å². The highest BCUT2D eigenvalue weighted by atomic mass is 19.1. The second kappa shape index (κ2) is 7.04. The first kappa shape index (κ1) is 15.9. The zero-order valence-corrected chi connectivity index (χ0v) is 13.1. The van der Waals surface area contributed by atoms with E-state index in [2.05, 4.69) is 10.1 Å². The summed E-state index contributed by atoms with van der Waals surface area (Å²) in [6, 6.07) is 15.1. The van der Waals surface area contributed by atoms with Crippen molar-refractivity contribution in [3.8, 4) is 11.5 Å². The first-order valence-corrected chi connectivity index (χ1v) is 7.52. The van der Waals surface area contributed by atoms with Crippen LogP contribution in [0.5, 0.6) is 0 Å². The molecular weight excluding hydrogens is 309 g/mol. The lowest BCUT2D eigenvalue weighted by molar-refractivity contribution is 0.0795. The van der Waals surface area contributed by atoms with E-state index in [-0.39, 0.29) is 5.91 Å². The monoisotopic (exact) mass is 325 g/mol. The fourth-order valence-electron chi connectivity index (χ4n) is 2.26. The van der Waals surface area contributed by atoms with Crippen molar-refractivity contribution in [3.05, 3.63) is 71.8 Å². The van der Waals surface area contributed by atoms with Gasteiger partial charge in [0.05, 0.1) is 0 Å². The molecule has 2 aromatic carbocycles. The van der Waals surface area contributed by atoms with E-state index in [1.807, 2.05) is 30.3 Å². The van der Waals surface area contributed by atoms with Gasteiger partial charge in [0.15, 0.2) is 5.82 Å². The highest BCUT2D eigenvalue weighted by Crippen LogP contribution is 2.16. The Morgan fingerprint density at radius 2 is 1.96 bits per heavy atom. The molecule has 122 valence electrons. The number of rotatable bonds is 5. The first-order valence-electron chi connectivity index (χ1n) is 7.52. The fraction of sp³-hybridized carbons (Fsp3) is 0.167. The van der Waals surface area contributed by atoms with E-state index in [9.17, 15) is 9.18 Å². The minimum absolute atomic E-state index is 0.249. The first-order chi connectivity index (χ1) is 11.6. The van der Waals surface area contributed by atoms with E-state index in [4.69, 9.17) is 4.52 Å². The van der Waals surface area contributed by atoms with Gasteiger partial charge in [-0.15, -0.1) is 0 Å². The molecule has 0 fully saturated rings. The number of amides is 1. The van der Waals surface area contributed by atoms with Crippen molar-refractivity contribution in [1.29, 1.82) is 0 Å². The van der Waals surface area contributed by atoms with Gasteiger partial charge in [-0.05, 0) is 30.3 Å². The number of halogens is 1. The van der Waals surface area contributed by atoms with Crippen LogP contribution in [0.4, 0.5) is 4.39 Å². The van der Waals surface area contributed by atoms with E-state index in [0.717, 1.165) is 5.56 Å². The van der Waals surface area contributed by atoms with E-state index in [1.54, 1.807) is 13.1 Å². The zero-order chi connectivity index (χ0) is 16.9. The summed E-state index contributed by atoms with van der Waals surface area (Å²) < 4.78 is 18.4. The third-order valence-corrected chi connectivity index (χ3v) is 3.58. The maximum absolute atomic E-state index is 13.2. The summed E-state index contributed by atoms with van der Waals surface area (Å²) in [6.07, 6.45) is 0.452. The molecule has 0 atom stereocenters. The van der Waals surface area contributed by atoms with Gasteiger partial charge in [0.25, 0.3) is 11.8 Å². The second-order valence-electron chi connectivity index (χ2n) is 5.37. The minimum atomic E-state index is -0.431. The average molecular weight is 325 g/mol. The molecule has 0 aliphatic carbocycles. The van der Waals surface area contributed by atoms with Gasteiger partial charge < -0.3 is 9.42 Å². The van der Waals surface area contributed by atoms with Crippen LogP contribution in [0.3, 0.4) is 0 Å². The smallest absolute Gasteiger partial charge is 0.257 e. The topological polar surface area (TPSA) is 59.2 Å². The number of carbonyl (C=O) groups excluding carboxylic acids is 1. The van der Waals surface area contributed by atoms with E-state index in [0.29, 0.717) is 30.2 Å². The van der Waals surface area contributed by atoms with Gasteiger partial charge in [-0.1, -0.05) is 29.4 Å². The maximum Gasteiger partial charge on any atom is 0.257 e. The molecule has 3 aromatic rings. The number of likely N-dealkylation sites (N-methyl/N-ethyl adjacent to an activating group) is 1. The second-order valence-corrected chi connectivity index (χ2v) is 5.37. The summed E-state index contributed by atoms with van der Waals surface area (Å²) in [6.45, 7) is 0.406. The number of aromatic nitrogens is 2. The van der Waals surface area contributed by atoms with Crippen LogP contribution < -0.4 is 0 Å². The van der Waals surface area contributed by atoms with Crippen molar-refractivity contribution >= 4 is 5.91 Å². The lowest BCUT2D eigenvalue weighted by Crippen LogP contribution is -2.29. The Balaban J connectivity index is 1.61. The van der Waals surface area contributed by atoms with Crippen molar-refractivity contribution in [2.75, 3.05) is 13.6 Å². The van der Waals surface area contributed by atoms with Crippen LogP contribution in [0.25, 0.3) is 11.5 Å². The lowest BCUT2D eigenvalue weighted by atomic mass is 10.2. The molecule has 24 heavy (non-hydrogen) atoms. The van der Waals surface area contributed by atoms with Crippen LogP contribution in [-0.4, -0.2) is 34.5 Å². The SMILES string of the molecule is CN(CCc1noc(-c2ccccc2)n1)C(=O)c1cccc(F)c1. The fourth-order valence-corrected chi connectivity index (χ4v) is 2.26. The number of hydrogen-bond acceptors (Lipinski definition) is 4. The molecule has 6 heteroatoms. The zero-order valence-electron chi connectivity index (χ0n) is 13.1. The molecule has 0 aliphatic heterocycles. The van der Waals surface area contributed by atoms with E-state index >= 15 is 0 Å². The van der Waals surface area contributed by atoms with Crippen LogP contribution in [0.15, 0.2) is 59.1 Å². The summed E-state index contributed by atoms with van der Waals surface area (Å²) >= 11 is 0. The summed E-state index contributed by atoms with van der Waals surface area (Å²) in [7, 11) is 1.66. The summed E-state index contributed by atoms with van der Waals surface area (Å²) in [5.41, 5.74) is 1.16. The molecule has 1 aromatic heterocycles. The van der Waals surface area contributed by atoms with Gasteiger partial charge in [0, 0.05) is 31.1 Å². The minimum Gasteiger partial charge on any atom is -0.341 e. The quantitative estimate of drug-likeness (QED) is 0.723. The molecule has 0 bridgehead atoms. The van der Waals surface area contributed by atoms with E-state index in [1.165, 1.54) is 23.1 Å². The summed E-state index contributed by atoms with van der Waals surface area (Å²) in [5.74, 6) is 0.290. The summed E-state index contributed by atoms with van der Waals surface area (Å²) in [5, 5.41) is 3.93. The van der Waals surface area contributed by atoms with Crippen molar-refractivity contribution in [2.24, 2.45) is 0 Å². The highest BCUT2D eigenvalue weighted by molar-refractivity contribution is 5.94. The van der Waals surface area contributed by atoms with Gasteiger partial charge in [-0.2, -0.15) is 4.98 Å². The number of hydrogen-bond donors (Lipinski definition) is 0. The Morgan fingerprint density at radius 1 is 1.17 bits per heavy atom. The Kier molecular flexibility index (Phi) is 4.65. The Bertz CT molecular complexity index is 833. The van der Waals surface area contributed by atoms with Crippen LogP contribution in [-0.2, 0) is 6.42 Å². The third-order valence-electron chi connectivity index (χ3n) is 3.58. The van der Waals surface area contributed by atoms with Gasteiger partial charge in [0.2, 0.25) is 0 Å². The van der Waals surface area contributed by atoms with Crippen molar-refractivity contribution in [1.82, 2.24) is 15.0 Å². The molecule has 0 unspecified atom stereocenters. The van der Waals surface area contributed by atoms with Crippen LogP contribution in [0.1, 0.15) is 16.2 Å². The molecule has 0 N–H and O–H groups in total. The van der Waals surface area contributed by atoms with Crippen LogP contribution >= 0.6 is 0 Å². The number of nitrogens with zero attached hydrogens (tertiary/aromatic N) is 3. The molecular formula is C18H16FN3O2. The lowest BCUT2D eigenvalue weighted by Gasteiger charge is -2.16. The normalized spacial score (nSPS) is 10.6. The maximum atomic E-state index is 13.2. The standard InChI is InChI=1S/C18H16FN3O2/c1-22(18(23)14-8-5-9-15(19)12-14)11-10-16-20-17(24-21-16)13-6-3-2-4-7-13/h2-9,12H,10-11H2,1H3. The van der Waals surface area contributed by atoms with Crippen LogP contribution in [0.2, 0.25) is 0 Å². The predicted octanol–water partition coefficient (Wildman–Crippen LogP) is 3.19. The molecule has 0 saturated heterocycles. The average Bonchev–Trinajstić information content (AvgIpc) is 3.09. The Morgan fingerprint density at radius 3 is 2.71 bits per heavy atom. The number of carbonyl (C=O) groups is 1. The largest absolute Gasteiger partial charge is 0.341 e. The van der Waals surface area contributed by atoms with Crippen molar-refractivity contribution in [3.63, 3.8) is 0 Å². The van der Waals surface area contributed by atoms with E-state index < -0.39 is 5.82 Å². The van der Waals surface area contributed by atoms with Crippen molar-refractivity contribution < 1.29 is 13.7 Å². The Labute approximate surface area is 138 Å². The molecule has 5 nitrogen and oxygen atoms in total. The third kappa shape index (κ3) is 3.65. The molecule has 0 saturated carbocycles. The van der Waals surface area contributed by atoms with Gasteiger partial charge >= 0.3 is 0 Å². The molecule has 1 heterocycles. The predicted molar refractivity (Wildman–Crippen MR) is 86.8 cm³/mol. The molecule has 0 radical (unpaired) electrons. The van der Waals surface area contributed by atoms with Gasteiger partial charge in [0.1, 0.15) is 5.82 Å². The molecule has 1 amide bonds. The number of benzene rings is 2. The summed E-state index contributed by atoms with van der Waals surface area (Å²) in [4.78, 5) is 18.1. The molecule has 3 rings (SSSR count).